The van der Waals surface area contributed by atoms with Crippen LogP contribution in [0.2, 0.25) is 0 Å². The maximum atomic E-state index is 12.9. The second-order valence-electron chi connectivity index (χ2n) is 7.17. The number of ketones is 1. The third-order valence-corrected chi connectivity index (χ3v) is 5.54. The molecule has 0 spiro atoms. The van der Waals surface area contributed by atoms with E-state index in [2.05, 4.69) is 5.16 Å². The van der Waals surface area contributed by atoms with Crippen LogP contribution in [-0.2, 0) is 9.59 Å². The molecule has 0 unspecified atom stereocenters. The van der Waals surface area contributed by atoms with Crippen LogP contribution in [0.3, 0.4) is 0 Å². The van der Waals surface area contributed by atoms with Crippen molar-refractivity contribution in [3.63, 3.8) is 0 Å². The molecule has 0 aliphatic carbocycles. The molecule has 1 aliphatic heterocycles. The number of aliphatic hydroxyl groups is 1. The number of ether oxygens (including phenoxy) is 1. The predicted octanol–water partition coefficient (Wildman–Crippen LogP) is 4.46. The molecular formula is C22H20N2O5S. The number of Topliss-reactive ketones (excluding diaryl/α,β-unsaturated/α-hetero) is 1. The predicted molar refractivity (Wildman–Crippen MR) is 113 cm³/mol. The number of benzene rings is 1. The Morgan fingerprint density at radius 3 is 2.53 bits per heavy atom. The molecule has 1 atom stereocenters. The Morgan fingerprint density at radius 1 is 1.23 bits per heavy atom. The van der Waals surface area contributed by atoms with Gasteiger partial charge in [-0.15, -0.1) is 11.3 Å². The molecule has 8 heteroatoms. The van der Waals surface area contributed by atoms with E-state index in [9.17, 15) is 14.7 Å². The Balaban J connectivity index is 1.82. The van der Waals surface area contributed by atoms with Gasteiger partial charge in [0.1, 0.15) is 23.3 Å². The molecule has 1 N–H and O–H groups in total. The first-order valence-corrected chi connectivity index (χ1v) is 10.3. The summed E-state index contributed by atoms with van der Waals surface area (Å²) in [6.07, 6.45) is 0.0134. The minimum atomic E-state index is -0.791. The van der Waals surface area contributed by atoms with Gasteiger partial charge in [0.15, 0.2) is 5.82 Å². The number of hydrogen-bond acceptors (Lipinski definition) is 7. The third-order valence-electron chi connectivity index (χ3n) is 4.62. The third kappa shape index (κ3) is 3.50. The van der Waals surface area contributed by atoms with Crippen LogP contribution in [0.1, 0.15) is 36.1 Å². The zero-order valence-corrected chi connectivity index (χ0v) is 17.5. The molecule has 30 heavy (non-hydrogen) atoms. The molecule has 3 aromatic rings. The van der Waals surface area contributed by atoms with Crippen LogP contribution < -0.4 is 9.64 Å². The number of hydrogen-bond donors (Lipinski definition) is 1. The van der Waals surface area contributed by atoms with Gasteiger partial charge < -0.3 is 14.4 Å². The number of rotatable bonds is 5. The van der Waals surface area contributed by atoms with Gasteiger partial charge in [-0.25, -0.2) is 0 Å². The molecule has 4 rings (SSSR count). The maximum absolute atomic E-state index is 12.9. The van der Waals surface area contributed by atoms with Crippen molar-refractivity contribution in [1.29, 1.82) is 0 Å². The van der Waals surface area contributed by atoms with Gasteiger partial charge in [-0.05, 0) is 56.5 Å². The van der Waals surface area contributed by atoms with Gasteiger partial charge in [-0.3, -0.25) is 14.5 Å². The Labute approximate surface area is 177 Å². The topological polar surface area (TPSA) is 92.9 Å². The second kappa shape index (κ2) is 7.79. The number of thiophene rings is 1. The second-order valence-corrected chi connectivity index (χ2v) is 8.15. The van der Waals surface area contributed by atoms with Crippen LogP contribution in [0.15, 0.2) is 57.9 Å². The van der Waals surface area contributed by atoms with E-state index >= 15 is 0 Å². The molecular weight excluding hydrogens is 404 g/mol. The van der Waals surface area contributed by atoms with E-state index in [-0.39, 0.29) is 23.3 Å². The van der Waals surface area contributed by atoms with Crippen molar-refractivity contribution in [3.05, 3.63) is 69.6 Å². The van der Waals surface area contributed by atoms with E-state index in [4.69, 9.17) is 9.26 Å². The molecule has 1 fully saturated rings. The van der Waals surface area contributed by atoms with Crippen molar-refractivity contribution in [2.75, 3.05) is 4.90 Å². The van der Waals surface area contributed by atoms with Crippen LogP contribution in [-0.4, -0.2) is 28.1 Å². The highest BCUT2D eigenvalue weighted by molar-refractivity contribution is 7.10. The highest BCUT2D eigenvalue weighted by Crippen LogP contribution is 2.43. The molecule has 1 aliphatic rings. The van der Waals surface area contributed by atoms with Crippen molar-refractivity contribution >= 4 is 34.6 Å². The first kappa shape index (κ1) is 19.9. The molecule has 1 saturated heterocycles. The minimum Gasteiger partial charge on any atom is -0.507 e. The van der Waals surface area contributed by atoms with Crippen molar-refractivity contribution in [2.24, 2.45) is 0 Å². The summed E-state index contributed by atoms with van der Waals surface area (Å²) in [4.78, 5) is 27.8. The van der Waals surface area contributed by atoms with E-state index in [1.54, 1.807) is 37.3 Å². The lowest BCUT2D eigenvalue weighted by Crippen LogP contribution is -2.29. The van der Waals surface area contributed by atoms with E-state index in [1.807, 2.05) is 31.4 Å². The standard InChI is InChI=1S/C22H20N2O5S/c1-12(2)28-15-8-6-14(7-9-15)20(25)18-19(16-5-4-10-30-16)24(22(27)21(18)26)17-11-13(3)29-23-17/h4-12,19,25H,1-3H3/b20-18+/t19-/m0/s1. The summed E-state index contributed by atoms with van der Waals surface area (Å²) >= 11 is 1.39. The quantitative estimate of drug-likeness (QED) is 0.369. The zero-order valence-electron chi connectivity index (χ0n) is 16.7. The first-order chi connectivity index (χ1) is 14.4. The van der Waals surface area contributed by atoms with Crippen LogP contribution in [0, 0.1) is 6.92 Å². The monoisotopic (exact) mass is 424 g/mol. The van der Waals surface area contributed by atoms with Gasteiger partial charge in [0.2, 0.25) is 0 Å². The molecule has 0 saturated carbocycles. The molecule has 0 bridgehead atoms. The first-order valence-electron chi connectivity index (χ1n) is 9.41. The summed E-state index contributed by atoms with van der Waals surface area (Å²) in [6, 6.07) is 11.2. The van der Waals surface area contributed by atoms with Crippen molar-refractivity contribution < 1.29 is 24.0 Å². The Kier molecular flexibility index (Phi) is 5.17. The summed E-state index contributed by atoms with van der Waals surface area (Å²) in [5, 5.41) is 16.8. The van der Waals surface area contributed by atoms with Gasteiger partial charge in [0.05, 0.1) is 11.7 Å². The Morgan fingerprint density at radius 2 is 1.97 bits per heavy atom. The Hall–Kier alpha value is -3.39. The molecule has 1 aromatic carbocycles. The minimum absolute atomic E-state index is 0.0134. The number of aliphatic hydroxyl groups excluding tert-OH is 1. The number of carbonyl (C=O) groups is 2. The summed E-state index contributed by atoms with van der Waals surface area (Å²) in [5.41, 5.74) is 0.433. The fraction of sp³-hybridized carbons (Fsp3) is 0.227. The van der Waals surface area contributed by atoms with Crippen LogP contribution in [0.4, 0.5) is 5.82 Å². The summed E-state index contributed by atoms with van der Waals surface area (Å²) in [5.74, 6) is -0.386. The van der Waals surface area contributed by atoms with Crippen molar-refractivity contribution in [1.82, 2.24) is 5.16 Å². The molecule has 0 radical (unpaired) electrons. The highest BCUT2D eigenvalue weighted by atomic mass is 32.1. The summed E-state index contributed by atoms with van der Waals surface area (Å²) in [7, 11) is 0. The smallest absolute Gasteiger partial charge is 0.301 e. The molecule has 1 amide bonds. The fourth-order valence-electron chi connectivity index (χ4n) is 3.37. The van der Waals surface area contributed by atoms with Crippen LogP contribution in [0.25, 0.3) is 5.76 Å². The van der Waals surface area contributed by atoms with Gasteiger partial charge in [-0.1, -0.05) is 11.2 Å². The number of anilines is 1. The number of nitrogens with zero attached hydrogens (tertiary/aromatic N) is 2. The van der Waals surface area contributed by atoms with E-state index < -0.39 is 17.7 Å². The summed E-state index contributed by atoms with van der Waals surface area (Å²) in [6.45, 7) is 5.54. The lowest BCUT2D eigenvalue weighted by atomic mass is 10.00. The normalized spacial score (nSPS) is 18.4. The van der Waals surface area contributed by atoms with Gasteiger partial charge in [0, 0.05) is 16.5 Å². The van der Waals surface area contributed by atoms with Crippen molar-refractivity contribution in [2.45, 2.75) is 32.9 Å². The summed E-state index contributed by atoms with van der Waals surface area (Å²) < 4.78 is 10.7. The molecule has 3 heterocycles. The van der Waals surface area contributed by atoms with Gasteiger partial charge in [-0.2, -0.15) is 0 Å². The number of carbonyl (C=O) groups excluding carboxylic acids is 2. The van der Waals surface area contributed by atoms with E-state index in [1.165, 1.54) is 16.2 Å². The SMILES string of the molecule is Cc1cc(N2C(=O)C(=O)/C(=C(/O)c3ccc(OC(C)C)cc3)[C@@H]2c2cccs2)no1. The molecule has 2 aromatic heterocycles. The fourth-order valence-corrected chi connectivity index (χ4v) is 4.19. The van der Waals surface area contributed by atoms with E-state index in [0.29, 0.717) is 17.1 Å². The van der Waals surface area contributed by atoms with Gasteiger partial charge >= 0.3 is 5.91 Å². The average Bonchev–Trinajstić information content (AvgIpc) is 3.43. The number of aromatic nitrogens is 1. The van der Waals surface area contributed by atoms with Crippen molar-refractivity contribution in [3.8, 4) is 5.75 Å². The van der Waals surface area contributed by atoms with Crippen LogP contribution >= 0.6 is 11.3 Å². The molecule has 7 nitrogen and oxygen atoms in total. The zero-order chi connectivity index (χ0) is 21.4. The highest BCUT2D eigenvalue weighted by Gasteiger charge is 2.48. The largest absolute Gasteiger partial charge is 0.507 e. The number of aryl methyl sites for hydroxylation is 1. The lowest BCUT2D eigenvalue weighted by Gasteiger charge is -2.21. The van der Waals surface area contributed by atoms with E-state index in [0.717, 1.165) is 4.88 Å². The molecule has 154 valence electrons. The maximum Gasteiger partial charge on any atom is 0.301 e. The van der Waals surface area contributed by atoms with Crippen LogP contribution in [0.5, 0.6) is 5.75 Å². The number of amides is 1. The van der Waals surface area contributed by atoms with Gasteiger partial charge in [0.25, 0.3) is 5.78 Å². The average molecular weight is 424 g/mol. The Bertz CT molecular complexity index is 1110. The lowest BCUT2D eigenvalue weighted by molar-refractivity contribution is -0.132.